The van der Waals surface area contributed by atoms with E-state index in [9.17, 15) is 0 Å². The molecule has 1 aromatic heterocycles. The summed E-state index contributed by atoms with van der Waals surface area (Å²) in [5.74, 6) is 1.60. The molecular formula is C18H17BrN4O2. The van der Waals surface area contributed by atoms with Crippen molar-refractivity contribution in [3.63, 3.8) is 0 Å². The van der Waals surface area contributed by atoms with Crippen molar-refractivity contribution in [3.8, 4) is 11.5 Å². The maximum Gasteiger partial charge on any atom is 0.141 e. The van der Waals surface area contributed by atoms with Crippen LogP contribution in [-0.4, -0.2) is 34.3 Å². The van der Waals surface area contributed by atoms with Gasteiger partial charge in [-0.2, -0.15) is 5.10 Å². The van der Waals surface area contributed by atoms with E-state index in [-0.39, 0.29) is 0 Å². The Balaban J connectivity index is 1.61. The Morgan fingerprint density at radius 2 is 1.76 bits per heavy atom. The minimum Gasteiger partial charge on any atom is -0.490 e. The van der Waals surface area contributed by atoms with Crippen LogP contribution in [0.2, 0.25) is 0 Å². The molecule has 0 amide bonds. The number of benzene rings is 2. The molecule has 0 aliphatic heterocycles. The van der Waals surface area contributed by atoms with Crippen LogP contribution in [0, 0.1) is 6.92 Å². The van der Waals surface area contributed by atoms with E-state index in [1.54, 1.807) is 6.21 Å². The van der Waals surface area contributed by atoms with E-state index < -0.39 is 0 Å². The van der Waals surface area contributed by atoms with Gasteiger partial charge in [0.05, 0.1) is 6.21 Å². The van der Waals surface area contributed by atoms with E-state index in [1.165, 1.54) is 17.3 Å². The first-order valence-electron chi connectivity index (χ1n) is 7.72. The number of ether oxygens (including phenoxy) is 2. The van der Waals surface area contributed by atoms with Crippen molar-refractivity contribution in [2.24, 2.45) is 5.10 Å². The van der Waals surface area contributed by atoms with Crippen LogP contribution in [0.4, 0.5) is 0 Å². The molecule has 2 aromatic carbocycles. The average Bonchev–Trinajstić information content (AvgIpc) is 3.13. The zero-order valence-electron chi connectivity index (χ0n) is 13.7. The Morgan fingerprint density at radius 1 is 1.04 bits per heavy atom. The zero-order chi connectivity index (χ0) is 17.5. The molecule has 1 heterocycles. The van der Waals surface area contributed by atoms with Crippen LogP contribution in [0.25, 0.3) is 0 Å². The first-order chi connectivity index (χ1) is 12.2. The third-order valence-corrected chi connectivity index (χ3v) is 3.89. The summed E-state index contributed by atoms with van der Waals surface area (Å²) in [6.45, 7) is 2.91. The van der Waals surface area contributed by atoms with E-state index in [0.717, 1.165) is 27.1 Å². The molecule has 0 N–H and O–H groups in total. The summed E-state index contributed by atoms with van der Waals surface area (Å²) in [5, 5.41) is 11.7. The van der Waals surface area contributed by atoms with Gasteiger partial charge in [0.1, 0.15) is 37.4 Å². The highest BCUT2D eigenvalue weighted by molar-refractivity contribution is 9.10. The topological polar surface area (TPSA) is 61.5 Å². The van der Waals surface area contributed by atoms with Crippen molar-refractivity contribution in [2.45, 2.75) is 6.92 Å². The van der Waals surface area contributed by atoms with Crippen molar-refractivity contribution in [3.05, 3.63) is 70.7 Å². The van der Waals surface area contributed by atoms with Gasteiger partial charge < -0.3 is 9.47 Å². The average molecular weight is 401 g/mol. The monoisotopic (exact) mass is 400 g/mol. The number of rotatable bonds is 7. The fraction of sp³-hybridized carbons (Fsp3) is 0.167. The third kappa shape index (κ3) is 4.90. The molecule has 0 spiro atoms. The molecule has 0 bridgehead atoms. The van der Waals surface area contributed by atoms with E-state index in [1.807, 2.05) is 49.4 Å². The molecule has 25 heavy (non-hydrogen) atoms. The Bertz CT molecular complexity index is 850. The lowest BCUT2D eigenvalue weighted by Gasteiger charge is -2.12. The summed E-state index contributed by atoms with van der Waals surface area (Å²) in [6, 6.07) is 13.7. The second kappa shape index (κ2) is 8.43. The second-order valence-corrected chi connectivity index (χ2v) is 6.15. The molecule has 0 fully saturated rings. The van der Waals surface area contributed by atoms with Crippen molar-refractivity contribution >= 4 is 22.1 Å². The van der Waals surface area contributed by atoms with Gasteiger partial charge in [-0.1, -0.05) is 34.1 Å². The fourth-order valence-electron chi connectivity index (χ4n) is 2.16. The number of halogens is 1. The van der Waals surface area contributed by atoms with Crippen molar-refractivity contribution in [2.75, 3.05) is 13.2 Å². The largest absolute Gasteiger partial charge is 0.490 e. The Morgan fingerprint density at radius 3 is 2.52 bits per heavy atom. The number of aromatic nitrogens is 3. The van der Waals surface area contributed by atoms with Crippen molar-refractivity contribution in [1.82, 2.24) is 14.9 Å². The number of para-hydroxylation sites is 1. The molecule has 3 aromatic rings. The van der Waals surface area contributed by atoms with Gasteiger partial charge in [0.2, 0.25) is 0 Å². The number of aryl methyl sites for hydroxylation is 1. The molecule has 0 aliphatic rings. The van der Waals surface area contributed by atoms with Crippen LogP contribution in [0.3, 0.4) is 0 Å². The van der Waals surface area contributed by atoms with E-state index in [0.29, 0.717) is 13.2 Å². The Hall–Kier alpha value is -2.67. The van der Waals surface area contributed by atoms with Crippen LogP contribution < -0.4 is 9.47 Å². The number of hydrogen-bond acceptors (Lipinski definition) is 5. The molecule has 0 saturated heterocycles. The molecule has 0 unspecified atom stereocenters. The highest BCUT2D eigenvalue weighted by Crippen LogP contribution is 2.22. The summed E-state index contributed by atoms with van der Waals surface area (Å²) in [5.41, 5.74) is 1.95. The highest BCUT2D eigenvalue weighted by Gasteiger charge is 2.04. The summed E-state index contributed by atoms with van der Waals surface area (Å²) >= 11 is 3.46. The van der Waals surface area contributed by atoms with E-state index in [2.05, 4.69) is 31.2 Å². The van der Waals surface area contributed by atoms with Gasteiger partial charge >= 0.3 is 0 Å². The lowest BCUT2D eigenvalue weighted by atomic mass is 10.2. The van der Waals surface area contributed by atoms with Gasteiger partial charge in [-0.15, -0.1) is 10.2 Å². The predicted molar refractivity (Wildman–Crippen MR) is 99.3 cm³/mol. The second-order valence-electron chi connectivity index (χ2n) is 5.23. The van der Waals surface area contributed by atoms with Gasteiger partial charge in [0, 0.05) is 10.0 Å². The molecule has 0 radical (unpaired) electrons. The quantitative estimate of drug-likeness (QED) is 0.448. The minimum atomic E-state index is 0.434. The minimum absolute atomic E-state index is 0.434. The Kier molecular flexibility index (Phi) is 5.79. The zero-order valence-corrected chi connectivity index (χ0v) is 15.3. The van der Waals surface area contributed by atoms with Crippen LogP contribution >= 0.6 is 15.9 Å². The van der Waals surface area contributed by atoms with Gasteiger partial charge in [0.25, 0.3) is 0 Å². The van der Waals surface area contributed by atoms with Crippen molar-refractivity contribution in [1.29, 1.82) is 0 Å². The third-order valence-electron chi connectivity index (χ3n) is 3.40. The molecular weight excluding hydrogens is 384 g/mol. The van der Waals surface area contributed by atoms with Gasteiger partial charge in [-0.05, 0) is 36.8 Å². The first kappa shape index (κ1) is 17.2. The van der Waals surface area contributed by atoms with Gasteiger partial charge in [0.15, 0.2) is 0 Å². The first-order valence-corrected chi connectivity index (χ1v) is 8.51. The SMILES string of the molecule is Cc1ccccc1OCCOc1ccc(Br)cc1/C=N\n1cnnc1. The molecule has 0 saturated carbocycles. The van der Waals surface area contributed by atoms with Crippen LogP contribution in [0.1, 0.15) is 11.1 Å². The Labute approximate surface area is 154 Å². The molecule has 0 aliphatic carbocycles. The lowest BCUT2D eigenvalue weighted by molar-refractivity contribution is 0.216. The van der Waals surface area contributed by atoms with Crippen LogP contribution in [0.15, 0.2) is 64.7 Å². The molecule has 128 valence electrons. The summed E-state index contributed by atoms with van der Waals surface area (Å²) < 4.78 is 14.1. The summed E-state index contributed by atoms with van der Waals surface area (Å²) in [4.78, 5) is 0. The summed E-state index contributed by atoms with van der Waals surface area (Å²) in [7, 11) is 0. The number of hydrogen-bond donors (Lipinski definition) is 0. The predicted octanol–water partition coefficient (Wildman–Crippen LogP) is 3.69. The van der Waals surface area contributed by atoms with Gasteiger partial charge in [-0.25, -0.2) is 4.68 Å². The molecule has 0 atom stereocenters. The molecule has 3 rings (SSSR count). The fourth-order valence-corrected chi connectivity index (χ4v) is 2.54. The maximum absolute atomic E-state index is 5.85. The van der Waals surface area contributed by atoms with Crippen LogP contribution in [0.5, 0.6) is 11.5 Å². The van der Waals surface area contributed by atoms with Crippen molar-refractivity contribution < 1.29 is 9.47 Å². The summed E-state index contributed by atoms with van der Waals surface area (Å²) in [6.07, 6.45) is 4.74. The van der Waals surface area contributed by atoms with Crippen LogP contribution in [-0.2, 0) is 0 Å². The van der Waals surface area contributed by atoms with E-state index in [4.69, 9.17) is 9.47 Å². The highest BCUT2D eigenvalue weighted by atomic mass is 79.9. The maximum atomic E-state index is 5.85. The smallest absolute Gasteiger partial charge is 0.141 e. The van der Waals surface area contributed by atoms with E-state index >= 15 is 0 Å². The normalized spacial score (nSPS) is 11.0. The van der Waals surface area contributed by atoms with Gasteiger partial charge in [-0.3, -0.25) is 0 Å². The number of nitrogens with zero attached hydrogens (tertiary/aromatic N) is 4. The lowest BCUT2D eigenvalue weighted by Crippen LogP contribution is -2.10. The standard InChI is InChI=1S/C18H17BrN4O2/c1-14-4-2-3-5-17(14)24-8-9-25-18-7-6-16(19)10-15(18)11-22-23-12-20-21-13-23/h2-7,10-13H,8-9H2,1H3/b22-11-. The molecule has 7 heteroatoms. The molecule has 6 nitrogen and oxygen atoms in total.